The Morgan fingerprint density at radius 1 is 0.926 bits per heavy atom. The maximum absolute atomic E-state index is 9.65. The minimum atomic E-state index is -0.811. The molecule has 2 atom stereocenters. The van der Waals surface area contributed by atoms with Gasteiger partial charge in [-0.15, -0.1) is 0 Å². The normalized spacial score (nSPS) is 14.1. The van der Waals surface area contributed by atoms with E-state index < -0.39 is 12.1 Å². The monoisotopic (exact) mass is 367 g/mol. The van der Waals surface area contributed by atoms with E-state index in [0.29, 0.717) is 0 Å². The number of nitrogens with zero attached hydrogens (tertiary/aromatic N) is 2. The van der Waals surface area contributed by atoms with Gasteiger partial charge in [0.1, 0.15) is 0 Å². The summed E-state index contributed by atoms with van der Waals surface area (Å²) < 4.78 is 0. The van der Waals surface area contributed by atoms with Crippen molar-refractivity contribution in [1.29, 1.82) is 0 Å². The van der Waals surface area contributed by atoms with Crippen molar-refractivity contribution in [3.63, 3.8) is 0 Å². The molecule has 0 amide bonds. The van der Waals surface area contributed by atoms with Crippen LogP contribution in [0.1, 0.15) is 30.9 Å². The second-order valence-corrected chi connectivity index (χ2v) is 6.59. The summed E-state index contributed by atoms with van der Waals surface area (Å²) in [4.78, 5) is 0. The summed E-state index contributed by atoms with van der Waals surface area (Å²) in [6.45, 7) is 1.94. The molecule has 0 heterocycles. The number of hydrogen-bond donors (Lipinski definition) is 3. The van der Waals surface area contributed by atoms with Gasteiger partial charge in [-0.1, -0.05) is 49.8 Å². The highest BCUT2D eigenvalue weighted by atomic mass is 16.3. The van der Waals surface area contributed by atoms with Gasteiger partial charge in [-0.25, -0.2) is 0 Å². The van der Waals surface area contributed by atoms with Crippen LogP contribution in [0, 0.1) is 0 Å². The summed E-state index contributed by atoms with van der Waals surface area (Å²) in [7, 11) is 0. The molecule has 5 heteroatoms. The summed E-state index contributed by atoms with van der Waals surface area (Å²) in [6, 6.07) is 15.5. The van der Waals surface area contributed by atoms with Crippen molar-refractivity contribution in [1.82, 2.24) is 0 Å². The summed E-state index contributed by atoms with van der Waals surface area (Å²) in [5.41, 5.74) is 9.72. The van der Waals surface area contributed by atoms with Crippen molar-refractivity contribution in [3.8, 4) is 0 Å². The Hall–Kier alpha value is -2.34. The van der Waals surface area contributed by atoms with E-state index in [1.165, 1.54) is 11.1 Å². The summed E-state index contributed by atoms with van der Waals surface area (Å²) in [6.07, 6.45) is 6.58. The molecule has 4 N–H and O–H groups in total. The van der Waals surface area contributed by atoms with Crippen LogP contribution in [0.4, 0.5) is 11.4 Å². The molecular formula is C22H29N3O2. The Morgan fingerprint density at radius 2 is 1.44 bits per heavy atom. The second kappa shape index (κ2) is 11.4. The van der Waals surface area contributed by atoms with Gasteiger partial charge < -0.3 is 15.9 Å². The predicted molar refractivity (Wildman–Crippen MR) is 110 cm³/mol. The minimum Gasteiger partial charge on any atom is -0.395 e. The van der Waals surface area contributed by atoms with Crippen molar-refractivity contribution in [2.45, 2.75) is 44.8 Å². The molecule has 0 bridgehead atoms. The van der Waals surface area contributed by atoms with Gasteiger partial charge in [-0.05, 0) is 54.7 Å². The maximum atomic E-state index is 9.65. The predicted octanol–water partition coefficient (Wildman–Crippen LogP) is 4.22. The number of benzene rings is 2. The Balaban J connectivity index is 1.83. The average molecular weight is 367 g/mol. The number of aliphatic hydroxyl groups is 2. The van der Waals surface area contributed by atoms with Crippen molar-refractivity contribution in [3.05, 3.63) is 71.8 Å². The fraction of sp³-hybridized carbons (Fsp3) is 0.364. The van der Waals surface area contributed by atoms with Crippen LogP contribution in [0.5, 0.6) is 0 Å². The van der Waals surface area contributed by atoms with Crippen molar-refractivity contribution < 1.29 is 10.2 Å². The standard InChI is InChI=1S/C22H29N3O2/c1-2-5-17-8-12-19(13-9-17)24-25-20-14-10-18(11-15-20)6-3-4-7-22(27)21(23)16-26/h4,7-15,21-22,26-27H,2-3,5-6,16,23H2,1H3/b7-4+,25-24?. The van der Waals surface area contributed by atoms with E-state index in [9.17, 15) is 5.11 Å². The van der Waals surface area contributed by atoms with Gasteiger partial charge in [0.25, 0.3) is 0 Å². The first kappa shape index (κ1) is 21.0. The van der Waals surface area contributed by atoms with Crippen LogP contribution in [-0.4, -0.2) is 29.0 Å². The molecule has 0 aliphatic heterocycles. The molecule has 0 aliphatic carbocycles. The first-order chi connectivity index (χ1) is 13.1. The molecule has 2 aromatic rings. The Morgan fingerprint density at radius 3 is 1.93 bits per heavy atom. The van der Waals surface area contributed by atoms with Gasteiger partial charge in [0.05, 0.1) is 30.1 Å². The average Bonchev–Trinajstić information content (AvgIpc) is 2.71. The van der Waals surface area contributed by atoms with Gasteiger partial charge in [-0.3, -0.25) is 0 Å². The molecule has 0 spiro atoms. The minimum absolute atomic E-state index is 0.232. The lowest BCUT2D eigenvalue weighted by Crippen LogP contribution is -2.36. The summed E-state index contributed by atoms with van der Waals surface area (Å²) in [5.74, 6) is 0. The van der Waals surface area contributed by atoms with E-state index in [-0.39, 0.29) is 6.61 Å². The van der Waals surface area contributed by atoms with Gasteiger partial charge in [0.15, 0.2) is 0 Å². The summed E-state index contributed by atoms with van der Waals surface area (Å²) >= 11 is 0. The Kier molecular flexibility index (Phi) is 8.84. The maximum Gasteiger partial charge on any atom is 0.0894 e. The number of hydrogen-bond acceptors (Lipinski definition) is 5. The zero-order valence-corrected chi connectivity index (χ0v) is 15.8. The van der Waals surface area contributed by atoms with Gasteiger partial charge in [0.2, 0.25) is 0 Å². The van der Waals surface area contributed by atoms with Gasteiger partial charge in [0, 0.05) is 0 Å². The number of allylic oxidation sites excluding steroid dienone is 1. The molecule has 27 heavy (non-hydrogen) atoms. The zero-order chi connectivity index (χ0) is 19.5. The topological polar surface area (TPSA) is 91.2 Å². The fourth-order valence-corrected chi connectivity index (χ4v) is 2.60. The quantitative estimate of drug-likeness (QED) is 0.433. The molecule has 2 rings (SSSR count). The number of aliphatic hydroxyl groups excluding tert-OH is 2. The fourth-order valence-electron chi connectivity index (χ4n) is 2.60. The highest BCUT2D eigenvalue weighted by molar-refractivity contribution is 5.42. The molecule has 0 aromatic heterocycles. The largest absolute Gasteiger partial charge is 0.395 e. The van der Waals surface area contributed by atoms with Crippen molar-refractivity contribution in [2.75, 3.05) is 6.61 Å². The lowest BCUT2D eigenvalue weighted by molar-refractivity contribution is 0.144. The Bertz CT molecular complexity index is 724. The number of azo groups is 1. The molecule has 0 saturated heterocycles. The third-order valence-electron chi connectivity index (χ3n) is 4.27. The SMILES string of the molecule is CCCc1ccc(N=Nc2ccc(CC/C=C/C(O)C(N)CO)cc2)cc1. The molecule has 0 saturated carbocycles. The molecule has 0 fully saturated rings. The highest BCUT2D eigenvalue weighted by Crippen LogP contribution is 2.20. The van der Waals surface area contributed by atoms with E-state index in [2.05, 4.69) is 29.3 Å². The molecular weight excluding hydrogens is 338 g/mol. The number of rotatable bonds is 10. The lowest BCUT2D eigenvalue weighted by Gasteiger charge is -2.11. The van der Waals surface area contributed by atoms with Crippen LogP contribution in [0.15, 0.2) is 70.9 Å². The second-order valence-electron chi connectivity index (χ2n) is 6.59. The first-order valence-corrected chi connectivity index (χ1v) is 9.43. The third-order valence-corrected chi connectivity index (χ3v) is 4.27. The molecule has 0 aliphatic rings. The van der Waals surface area contributed by atoms with Crippen LogP contribution in [0.25, 0.3) is 0 Å². The lowest BCUT2D eigenvalue weighted by atomic mass is 10.1. The first-order valence-electron chi connectivity index (χ1n) is 9.43. The van der Waals surface area contributed by atoms with Crippen LogP contribution >= 0.6 is 0 Å². The summed E-state index contributed by atoms with van der Waals surface area (Å²) in [5, 5.41) is 27.1. The van der Waals surface area contributed by atoms with E-state index in [1.54, 1.807) is 6.08 Å². The molecule has 0 radical (unpaired) electrons. The van der Waals surface area contributed by atoms with Crippen molar-refractivity contribution >= 4 is 11.4 Å². The molecule has 5 nitrogen and oxygen atoms in total. The van der Waals surface area contributed by atoms with E-state index in [4.69, 9.17) is 10.8 Å². The van der Waals surface area contributed by atoms with Crippen molar-refractivity contribution in [2.24, 2.45) is 16.0 Å². The van der Waals surface area contributed by atoms with E-state index in [0.717, 1.165) is 37.1 Å². The van der Waals surface area contributed by atoms with E-state index >= 15 is 0 Å². The van der Waals surface area contributed by atoms with Gasteiger partial charge in [-0.2, -0.15) is 10.2 Å². The van der Waals surface area contributed by atoms with E-state index in [1.807, 2.05) is 42.5 Å². The smallest absolute Gasteiger partial charge is 0.0894 e. The Labute approximate surface area is 161 Å². The molecule has 144 valence electrons. The number of nitrogens with two attached hydrogens (primary N) is 1. The van der Waals surface area contributed by atoms with Crippen LogP contribution in [-0.2, 0) is 12.8 Å². The zero-order valence-electron chi connectivity index (χ0n) is 15.8. The van der Waals surface area contributed by atoms with Crippen LogP contribution in [0.2, 0.25) is 0 Å². The molecule has 2 unspecified atom stereocenters. The van der Waals surface area contributed by atoms with Crippen LogP contribution < -0.4 is 5.73 Å². The molecule has 2 aromatic carbocycles. The highest BCUT2D eigenvalue weighted by Gasteiger charge is 2.08. The van der Waals surface area contributed by atoms with Gasteiger partial charge >= 0.3 is 0 Å². The number of aryl methyl sites for hydroxylation is 2. The van der Waals surface area contributed by atoms with Crippen LogP contribution in [0.3, 0.4) is 0 Å². The third kappa shape index (κ3) is 7.43.